The molecule has 0 bridgehead atoms. The van der Waals surface area contributed by atoms with E-state index in [1.165, 1.54) is 18.3 Å². The molecule has 0 aliphatic rings. The van der Waals surface area contributed by atoms with Crippen LogP contribution in [0.15, 0.2) is 48.7 Å². The molecular formula is C17H12ClN2O5+. The average Bonchev–Trinajstić information content (AvgIpc) is 2.57. The molecule has 3 rings (SSSR count). The van der Waals surface area contributed by atoms with Gasteiger partial charge in [-0.1, -0.05) is 11.6 Å². The van der Waals surface area contributed by atoms with Gasteiger partial charge in [-0.05, 0) is 24.3 Å². The molecule has 0 saturated carbocycles. The number of non-ortho nitro benzene ring substituents is 1. The first-order valence-corrected chi connectivity index (χ1v) is 7.56. The van der Waals surface area contributed by atoms with E-state index in [0.717, 1.165) is 5.56 Å². The first-order valence-electron chi connectivity index (χ1n) is 7.18. The fourth-order valence-electron chi connectivity index (χ4n) is 2.58. The zero-order valence-electron chi connectivity index (χ0n) is 12.7. The van der Waals surface area contributed by atoms with Crippen LogP contribution in [0, 0.1) is 10.1 Å². The van der Waals surface area contributed by atoms with E-state index in [0.29, 0.717) is 15.9 Å². The number of aromatic hydroxyl groups is 1. The second-order valence-electron chi connectivity index (χ2n) is 5.41. The van der Waals surface area contributed by atoms with E-state index in [-0.39, 0.29) is 23.5 Å². The van der Waals surface area contributed by atoms with Crippen molar-refractivity contribution >= 4 is 34.2 Å². The first-order chi connectivity index (χ1) is 11.9. The van der Waals surface area contributed by atoms with Crippen LogP contribution < -0.4 is 4.57 Å². The summed E-state index contributed by atoms with van der Waals surface area (Å²) in [5, 5.41) is 31.0. The van der Waals surface area contributed by atoms with E-state index in [1.54, 1.807) is 34.9 Å². The molecule has 3 aromatic rings. The maximum Gasteiger partial charge on any atom is 0.345 e. The second-order valence-corrected chi connectivity index (χ2v) is 5.85. The van der Waals surface area contributed by atoms with Crippen molar-refractivity contribution in [2.75, 3.05) is 0 Å². The third kappa shape index (κ3) is 3.22. The Kier molecular flexibility index (Phi) is 4.24. The van der Waals surface area contributed by atoms with E-state index < -0.39 is 10.9 Å². The monoisotopic (exact) mass is 359 g/mol. The number of aromatic nitrogens is 1. The maximum atomic E-state index is 11.4. The smallest absolute Gasteiger partial charge is 0.345 e. The summed E-state index contributed by atoms with van der Waals surface area (Å²) in [5.41, 5.74) is 1.02. The van der Waals surface area contributed by atoms with Gasteiger partial charge in [0.15, 0.2) is 18.3 Å². The van der Waals surface area contributed by atoms with Gasteiger partial charge in [0.05, 0.1) is 10.3 Å². The Bertz CT molecular complexity index is 1000. The van der Waals surface area contributed by atoms with Gasteiger partial charge in [-0.2, -0.15) is 4.57 Å². The summed E-state index contributed by atoms with van der Waals surface area (Å²) in [7, 11) is 0. The van der Waals surface area contributed by atoms with Crippen molar-refractivity contribution in [3.8, 4) is 5.75 Å². The van der Waals surface area contributed by atoms with Crippen molar-refractivity contribution in [1.82, 2.24) is 0 Å². The summed E-state index contributed by atoms with van der Waals surface area (Å²) in [6.07, 6.45) is 1.32. The molecule has 0 radical (unpaired) electrons. The van der Waals surface area contributed by atoms with Gasteiger partial charge in [-0.25, -0.2) is 4.79 Å². The van der Waals surface area contributed by atoms with Crippen molar-refractivity contribution in [1.29, 1.82) is 0 Å². The van der Waals surface area contributed by atoms with E-state index in [4.69, 9.17) is 11.6 Å². The Morgan fingerprint density at radius 3 is 2.48 bits per heavy atom. The molecule has 8 heteroatoms. The van der Waals surface area contributed by atoms with E-state index in [2.05, 4.69) is 0 Å². The molecule has 0 amide bonds. The molecule has 0 saturated heterocycles. The van der Waals surface area contributed by atoms with Gasteiger partial charge in [0.25, 0.3) is 5.69 Å². The van der Waals surface area contributed by atoms with E-state index in [9.17, 15) is 25.1 Å². The van der Waals surface area contributed by atoms with E-state index >= 15 is 0 Å². The molecule has 0 atom stereocenters. The summed E-state index contributed by atoms with van der Waals surface area (Å²) in [5.74, 6) is -1.59. The van der Waals surface area contributed by atoms with Crippen LogP contribution in [-0.2, 0) is 6.54 Å². The lowest BCUT2D eigenvalue weighted by atomic mass is 10.1. The first kappa shape index (κ1) is 16.7. The van der Waals surface area contributed by atoms with Gasteiger partial charge in [0, 0.05) is 28.8 Å². The van der Waals surface area contributed by atoms with Gasteiger partial charge in [-0.3, -0.25) is 10.1 Å². The number of nitro groups is 1. The largest absolute Gasteiger partial charge is 0.506 e. The number of fused-ring (bicyclic) bond motifs is 1. The molecule has 7 nitrogen and oxygen atoms in total. The number of hydrogen-bond acceptors (Lipinski definition) is 4. The Hall–Kier alpha value is -3.19. The molecule has 25 heavy (non-hydrogen) atoms. The van der Waals surface area contributed by atoms with Gasteiger partial charge in [0.2, 0.25) is 5.52 Å². The van der Waals surface area contributed by atoms with Crippen molar-refractivity contribution < 1.29 is 24.5 Å². The van der Waals surface area contributed by atoms with Crippen molar-refractivity contribution in [3.05, 3.63) is 74.9 Å². The number of halogens is 1. The zero-order chi connectivity index (χ0) is 18.1. The van der Waals surface area contributed by atoms with Crippen LogP contribution in [0.25, 0.3) is 10.9 Å². The lowest BCUT2D eigenvalue weighted by Gasteiger charge is -2.07. The zero-order valence-corrected chi connectivity index (χ0v) is 13.5. The van der Waals surface area contributed by atoms with Crippen LogP contribution in [0.1, 0.15) is 15.9 Å². The predicted molar refractivity (Wildman–Crippen MR) is 90.0 cm³/mol. The van der Waals surface area contributed by atoms with Crippen LogP contribution >= 0.6 is 11.6 Å². The van der Waals surface area contributed by atoms with Gasteiger partial charge < -0.3 is 10.2 Å². The van der Waals surface area contributed by atoms with Crippen LogP contribution in [0.4, 0.5) is 5.69 Å². The number of benzene rings is 2. The Labute approximate surface area is 146 Å². The van der Waals surface area contributed by atoms with Crippen LogP contribution in [0.5, 0.6) is 5.75 Å². The molecule has 0 unspecified atom stereocenters. The summed E-state index contributed by atoms with van der Waals surface area (Å²) in [6.45, 7) is 0.259. The Balaban J connectivity index is 2.13. The minimum atomic E-state index is -1.26. The maximum absolute atomic E-state index is 11.4. The molecule has 0 fully saturated rings. The number of carboxylic acids is 1. The minimum Gasteiger partial charge on any atom is -0.506 e. The molecular weight excluding hydrogens is 348 g/mol. The minimum absolute atomic E-state index is 0.0291. The number of aromatic carboxylic acids is 1. The Morgan fingerprint density at radius 1 is 1.20 bits per heavy atom. The van der Waals surface area contributed by atoms with Gasteiger partial charge >= 0.3 is 5.97 Å². The number of hydrogen-bond donors (Lipinski definition) is 2. The van der Waals surface area contributed by atoms with Gasteiger partial charge in [-0.15, -0.1) is 0 Å². The molecule has 1 aromatic heterocycles. The SMILES string of the molecule is O=C(O)c1c[n+](Cc2ccc([N+](=O)[O-])cc2)c2cc(Cl)ccc2c1O. The number of nitro benzene ring substituents is 1. The fraction of sp³-hybridized carbons (Fsp3) is 0.0588. The predicted octanol–water partition coefficient (Wildman–Crippen LogP) is 3.14. The lowest BCUT2D eigenvalue weighted by Crippen LogP contribution is -2.36. The number of carboxylic acid groups (broad SMARTS) is 1. The van der Waals surface area contributed by atoms with Crippen LogP contribution in [0.3, 0.4) is 0 Å². The molecule has 1 heterocycles. The Morgan fingerprint density at radius 2 is 1.88 bits per heavy atom. The summed E-state index contributed by atoms with van der Waals surface area (Å²) >= 11 is 6.02. The van der Waals surface area contributed by atoms with Crippen molar-refractivity contribution in [2.45, 2.75) is 6.54 Å². The third-order valence-corrected chi connectivity index (χ3v) is 4.03. The summed E-state index contributed by atoms with van der Waals surface area (Å²) < 4.78 is 1.63. The highest BCUT2D eigenvalue weighted by Gasteiger charge is 2.22. The molecule has 2 aromatic carbocycles. The highest BCUT2D eigenvalue weighted by molar-refractivity contribution is 6.31. The fourth-order valence-corrected chi connectivity index (χ4v) is 2.75. The quantitative estimate of drug-likeness (QED) is 0.423. The lowest BCUT2D eigenvalue weighted by molar-refractivity contribution is -0.662. The molecule has 0 spiro atoms. The van der Waals surface area contributed by atoms with Crippen molar-refractivity contribution in [3.63, 3.8) is 0 Å². The standard InChI is InChI=1S/C17H11ClN2O5/c18-11-3-6-13-15(7-11)19(9-14(16(13)21)17(22)23)8-10-1-4-12(5-2-10)20(24)25/h1-7,9H,8H2,(H,22,23)/p+1. The van der Waals surface area contributed by atoms with Crippen LogP contribution in [0.2, 0.25) is 5.02 Å². The van der Waals surface area contributed by atoms with Crippen LogP contribution in [-0.4, -0.2) is 21.1 Å². The molecule has 0 aliphatic heterocycles. The highest BCUT2D eigenvalue weighted by atomic mass is 35.5. The number of rotatable bonds is 4. The second kappa shape index (κ2) is 6.37. The third-order valence-electron chi connectivity index (χ3n) is 3.79. The highest BCUT2D eigenvalue weighted by Crippen LogP contribution is 2.28. The molecule has 2 N–H and O–H groups in total. The topological polar surface area (TPSA) is 105 Å². The molecule has 0 aliphatic carbocycles. The average molecular weight is 360 g/mol. The van der Waals surface area contributed by atoms with E-state index in [1.807, 2.05) is 0 Å². The molecule has 126 valence electrons. The number of carbonyl (C=O) groups is 1. The summed E-state index contributed by atoms with van der Waals surface area (Å²) in [6, 6.07) is 10.7. The summed E-state index contributed by atoms with van der Waals surface area (Å²) in [4.78, 5) is 21.6. The number of pyridine rings is 1. The van der Waals surface area contributed by atoms with Crippen molar-refractivity contribution in [2.24, 2.45) is 0 Å². The van der Waals surface area contributed by atoms with Gasteiger partial charge in [0.1, 0.15) is 5.75 Å². The number of nitrogens with zero attached hydrogens (tertiary/aromatic N) is 2. The normalized spacial score (nSPS) is 10.8.